The van der Waals surface area contributed by atoms with Gasteiger partial charge in [-0.3, -0.25) is 5.41 Å². The average Bonchev–Trinajstić information content (AvgIpc) is 1.86. The third kappa shape index (κ3) is 5.27. The molecule has 0 saturated carbocycles. The molecule has 4 heteroatoms. The topological polar surface area (TPSA) is 23.9 Å². The van der Waals surface area contributed by atoms with Crippen LogP contribution in [0.15, 0.2) is 12.7 Å². The van der Waals surface area contributed by atoms with Crippen molar-refractivity contribution < 1.29 is 4.39 Å². The van der Waals surface area contributed by atoms with Crippen LogP contribution >= 0.6 is 23.4 Å². The van der Waals surface area contributed by atoms with Crippen LogP contribution in [0.1, 0.15) is 13.3 Å². The number of thioether (sulfide) groups is 1. The minimum atomic E-state index is -0.961. The van der Waals surface area contributed by atoms with E-state index in [1.54, 1.807) is 6.92 Å². The molecule has 0 rings (SSSR count). The van der Waals surface area contributed by atoms with Gasteiger partial charge in [0.15, 0.2) is 4.50 Å². The largest absolute Gasteiger partial charge is 0.283 e. The number of nitrogens with one attached hydrogen (secondary N) is 1. The number of halogens is 2. The molecule has 0 aliphatic rings. The van der Waals surface area contributed by atoms with Crippen molar-refractivity contribution >= 4 is 27.9 Å². The van der Waals surface area contributed by atoms with Crippen molar-refractivity contribution in [1.29, 1.82) is 5.41 Å². The molecule has 0 heterocycles. The standard InChI is InChI=1S/C7H11ClFNS/c1-3-4-6(9)5(2)11-7(8)10/h3,5-6,10H,1,4H2,2H3/t5?,6-/m1/s1. The number of hydrogen-bond donors (Lipinski definition) is 1. The fourth-order valence-corrected chi connectivity index (χ4v) is 1.59. The second kappa shape index (κ2) is 5.61. The Bertz CT molecular complexity index is 151. The highest BCUT2D eigenvalue weighted by atomic mass is 35.5. The first-order valence-electron chi connectivity index (χ1n) is 3.23. The molecule has 64 valence electrons. The molecule has 0 aliphatic carbocycles. The molecule has 1 unspecified atom stereocenters. The summed E-state index contributed by atoms with van der Waals surface area (Å²) in [6.07, 6.45) is 0.884. The van der Waals surface area contributed by atoms with Gasteiger partial charge < -0.3 is 0 Å². The molecular formula is C7H11ClFNS. The van der Waals surface area contributed by atoms with Gasteiger partial charge in [0.1, 0.15) is 6.17 Å². The zero-order valence-corrected chi connectivity index (χ0v) is 7.88. The second-order valence-electron chi connectivity index (χ2n) is 2.14. The van der Waals surface area contributed by atoms with Crippen molar-refractivity contribution in [3.63, 3.8) is 0 Å². The molecule has 0 saturated heterocycles. The quantitative estimate of drug-likeness (QED) is 0.416. The predicted octanol–water partition coefficient (Wildman–Crippen LogP) is 3.20. The van der Waals surface area contributed by atoms with Crippen molar-refractivity contribution in [1.82, 2.24) is 0 Å². The lowest BCUT2D eigenvalue weighted by Crippen LogP contribution is -2.14. The van der Waals surface area contributed by atoms with E-state index in [-0.39, 0.29) is 9.75 Å². The zero-order chi connectivity index (χ0) is 8.85. The first-order chi connectivity index (χ1) is 5.07. The van der Waals surface area contributed by atoms with E-state index >= 15 is 0 Å². The van der Waals surface area contributed by atoms with Gasteiger partial charge in [-0.25, -0.2) is 4.39 Å². The average molecular weight is 196 g/mol. The lowest BCUT2D eigenvalue weighted by Gasteiger charge is -2.12. The summed E-state index contributed by atoms with van der Waals surface area (Å²) in [6.45, 7) is 5.13. The summed E-state index contributed by atoms with van der Waals surface area (Å²) in [5, 5.41) is 6.62. The van der Waals surface area contributed by atoms with E-state index in [4.69, 9.17) is 17.0 Å². The highest BCUT2D eigenvalue weighted by molar-refractivity contribution is 8.17. The summed E-state index contributed by atoms with van der Waals surface area (Å²) in [6, 6.07) is 0. The normalized spacial score (nSPS) is 15.5. The summed E-state index contributed by atoms with van der Waals surface area (Å²) in [4.78, 5) is 0. The highest BCUT2D eigenvalue weighted by Gasteiger charge is 2.16. The Morgan fingerprint density at radius 1 is 1.91 bits per heavy atom. The highest BCUT2D eigenvalue weighted by Crippen LogP contribution is 2.21. The summed E-state index contributed by atoms with van der Waals surface area (Å²) in [5.74, 6) is 0. The molecule has 0 aromatic rings. The van der Waals surface area contributed by atoms with Crippen LogP contribution < -0.4 is 0 Å². The summed E-state index contributed by atoms with van der Waals surface area (Å²) >= 11 is 6.30. The van der Waals surface area contributed by atoms with Crippen LogP contribution in [0.4, 0.5) is 4.39 Å². The fraction of sp³-hybridized carbons (Fsp3) is 0.571. The number of rotatable bonds is 4. The fourth-order valence-electron chi connectivity index (χ4n) is 0.588. The van der Waals surface area contributed by atoms with E-state index in [1.807, 2.05) is 0 Å². The molecule has 0 fully saturated rings. The zero-order valence-electron chi connectivity index (χ0n) is 6.31. The van der Waals surface area contributed by atoms with Gasteiger partial charge in [0.05, 0.1) is 0 Å². The minimum absolute atomic E-state index is 0.0655. The van der Waals surface area contributed by atoms with Gasteiger partial charge in [-0.05, 0) is 6.42 Å². The number of allylic oxidation sites excluding steroid dienone is 1. The predicted molar refractivity (Wildman–Crippen MR) is 50.3 cm³/mol. The summed E-state index contributed by atoms with van der Waals surface area (Å²) in [5.41, 5.74) is 0. The van der Waals surface area contributed by atoms with Crippen LogP contribution in [0.25, 0.3) is 0 Å². The number of alkyl halides is 1. The van der Waals surface area contributed by atoms with Crippen LogP contribution in [0, 0.1) is 5.41 Å². The summed E-state index contributed by atoms with van der Waals surface area (Å²) < 4.78 is 12.8. The molecule has 1 N–H and O–H groups in total. The maximum absolute atomic E-state index is 12.9. The van der Waals surface area contributed by atoms with Gasteiger partial charge in [-0.1, -0.05) is 36.4 Å². The van der Waals surface area contributed by atoms with Gasteiger partial charge >= 0.3 is 0 Å². The van der Waals surface area contributed by atoms with Crippen molar-refractivity contribution in [3.05, 3.63) is 12.7 Å². The van der Waals surface area contributed by atoms with Crippen LogP contribution in [0.5, 0.6) is 0 Å². The Kier molecular flexibility index (Phi) is 5.60. The lowest BCUT2D eigenvalue weighted by molar-refractivity contribution is 0.336. The maximum atomic E-state index is 12.9. The Morgan fingerprint density at radius 3 is 2.82 bits per heavy atom. The molecule has 0 aromatic carbocycles. The molecule has 0 radical (unpaired) electrons. The van der Waals surface area contributed by atoms with E-state index in [9.17, 15) is 4.39 Å². The van der Waals surface area contributed by atoms with E-state index in [2.05, 4.69) is 6.58 Å². The van der Waals surface area contributed by atoms with Gasteiger partial charge in [-0.2, -0.15) is 0 Å². The van der Waals surface area contributed by atoms with Gasteiger partial charge in [0, 0.05) is 5.25 Å². The Hall–Kier alpha value is -0.0200. The van der Waals surface area contributed by atoms with Crippen molar-refractivity contribution in [2.45, 2.75) is 24.8 Å². The van der Waals surface area contributed by atoms with Gasteiger partial charge in [-0.15, -0.1) is 6.58 Å². The van der Waals surface area contributed by atoms with Gasteiger partial charge in [0.2, 0.25) is 0 Å². The Labute approximate surface area is 75.5 Å². The maximum Gasteiger partial charge on any atom is 0.155 e. The van der Waals surface area contributed by atoms with Crippen molar-refractivity contribution in [3.8, 4) is 0 Å². The Balaban J connectivity index is 3.71. The molecule has 0 bridgehead atoms. The molecule has 2 atom stereocenters. The van der Waals surface area contributed by atoms with E-state index in [1.165, 1.54) is 6.08 Å². The first kappa shape index (κ1) is 11.0. The second-order valence-corrected chi connectivity index (χ2v) is 4.13. The van der Waals surface area contributed by atoms with Gasteiger partial charge in [0.25, 0.3) is 0 Å². The van der Waals surface area contributed by atoms with E-state index in [0.717, 1.165) is 11.8 Å². The molecule has 0 aliphatic heterocycles. The molecule has 11 heavy (non-hydrogen) atoms. The van der Waals surface area contributed by atoms with Crippen molar-refractivity contribution in [2.24, 2.45) is 0 Å². The first-order valence-corrected chi connectivity index (χ1v) is 4.49. The lowest BCUT2D eigenvalue weighted by atomic mass is 10.2. The molecule has 0 spiro atoms. The summed E-state index contributed by atoms with van der Waals surface area (Å²) in [7, 11) is 0. The third-order valence-corrected chi connectivity index (χ3v) is 2.33. The monoisotopic (exact) mass is 195 g/mol. The minimum Gasteiger partial charge on any atom is -0.283 e. The van der Waals surface area contributed by atoms with Crippen LogP contribution in [0.3, 0.4) is 0 Å². The molecular weight excluding hydrogens is 185 g/mol. The van der Waals surface area contributed by atoms with E-state index in [0.29, 0.717) is 6.42 Å². The van der Waals surface area contributed by atoms with Crippen LogP contribution in [0.2, 0.25) is 0 Å². The molecule has 0 aromatic heterocycles. The molecule has 1 nitrogen and oxygen atoms in total. The number of hydrogen-bond acceptors (Lipinski definition) is 2. The SMILES string of the molecule is C=CC[C@@H](F)C(C)SC(=N)Cl. The molecule has 0 amide bonds. The van der Waals surface area contributed by atoms with Crippen LogP contribution in [-0.4, -0.2) is 15.9 Å². The smallest absolute Gasteiger partial charge is 0.155 e. The Morgan fingerprint density at radius 2 is 2.45 bits per heavy atom. The van der Waals surface area contributed by atoms with E-state index < -0.39 is 6.17 Å². The third-order valence-electron chi connectivity index (χ3n) is 1.19. The van der Waals surface area contributed by atoms with Crippen molar-refractivity contribution in [2.75, 3.05) is 0 Å². The van der Waals surface area contributed by atoms with Crippen LogP contribution in [-0.2, 0) is 0 Å².